The standard InChI is InChI=1S/C24H25F3/c1-3-4-16-11-12-18-19-13-17(10-9-15-7-5-14(2)6-8-15)23(26)24(27)21(19)20(18)22(16)25/h9-15H,3-8H2,1-2H3/b10-9+. The van der Waals surface area contributed by atoms with Gasteiger partial charge in [-0.2, -0.15) is 0 Å². The van der Waals surface area contributed by atoms with E-state index in [2.05, 4.69) is 6.92 Å². The molecule has 2 aromatic rings. The summed E-state index contributed by atoms with van der Waals surface area (Å²) < 4.78 is 44.1. The summed E-state index contributed by atoms with van der Waals surface area (Å²) in [6.45, 7) is 4.23. The van der Waals surface area contributed by atoms with Crippen molar-refractivity contribution < 1.29 is 13.2 Å². The maximum atomic E-state index is 14.7. The zero-order valence-electron chi connectivity index (χ0n) is 15.9. The van der Waals surface area contributed by atoms with Crippen molar-refractivity contribution in [2.45, 2.75) is 52.4 Å². The molecule has 0 amide bonds. The second-order valence-corrected chi connectivity index (χ2v) is 8.11. The summed E-state index contributed by atoms with van der Waals surface area (Å²) in [5.74, 6) is -1.02. The predicted octanol–water partition coefficient (Wildman–Crippen LogP) is 7.54. The monoisotopic (exact) mass is 370 g/mol. The SMILES string of the molecule is CCCc1ccc2c(c1F)-c1c-2cc(/C=C/C2CCC(C)CC2)c(F)c1F. The van der Waals surface area contributed by atoms with Gasteiger partial charge in [-0.1, -0.05) is 57.4 Å². The Kier molecular flexibility index (Phi) is 4.88. The molecule has 0 nitrogen and oxygen atoms in total. The van der Waals surface area contributed by atoms with Crippen molar-refractivity contribution in [2.24, 2.45) is 11.8 Å². The summed E-state index contributed by atoms with van der Waals surface area (Å²) in [5.41, 5.74) is 2.46. The number of halogens is 3. The molecule has 0 N–H and O–H groups in total. The lowest BCUT2D eigenvalue weighted by molar-refractivity contribution is 0.331. The molecule has 0 radical (unpaired) electrons. The molecule has 27 heavy (non-hydrogen) atoms. The highest BCUT2D eigenvalue weighted by atomic mass is 19.2. The summed E-state index contributed by atoms with van der Waals surface area (Å²) in [7, 11) is 0. The molecular weight excluding hydrogens is 345 g/mol. The van der Waals surface area contributed by atoms with Crippen molar-refractivity contribution in [3.63, 3.8) is 0 Å². The average Bonchev–Trinajstić information content (AvgIpc) is 2.64. The topological polar surface area (TPSA) is 0 Å². The maximum absolute atomic E-state index is 14.7. The Bertz CT molecular complexity index is 903. The van der Waals surface area contributed by atoms with Crippen LogP contribution in [0.25, 0.3) is 28.3 Å². The van der Waals surface area contributed by atoms with E-state index in [0.717, 1.165) is 25.2 Å². The van der Waals surface area contributed by atoms with Crippen LogP contribution in [0.15, 0.2) is 24.3 Å². The van der Waals surface area contributed by atoms with Gasteiger partial charge in [0.25, 0.3) is 0 Å². The molecule has 0 saturated heterocycles. The Hall–Kier alpha value is -2.03. The van der Waals surface area contributed by atoms with Crippen LogP contribution in [0, 0.1) is 29.3 Å². The molecular formula is C24H25F3. The van der Waals surface area contributed by atoms with E-state index in [1.807, 2.05) is 19.1 Å². The molecule has 0 bridgehead atoms. The summed E-state index contributed by atoms with van der Waals surface area (Å²) in [4.78, 5) is 0. The first-order chi connectivity index (χ1) is 13.0. The summed E-state index contributed by atoms with van der Waals surface area (Å²) >= 11 is 0. The normalized spacial score (nSPS) is 21.1. The lowest BCUT2D eigenvalue weighted by Gasteiger charge is -2.27. The van der Waals surface area contributed by atoms with Gasteiger partial charge in [0.2, 0.25) is 0 Å². The Balaban J connectivity index is 1.66. The van der Waals surface area contributed by atoms with Gasteiger partial charge in [-0.25, -0.2) is 13.2 Å². The van der Waals surface area contributed by atoms with Gasteiger partial charge in [-0.15, -0.1) is 0 Å². The third-order valence-electron chi connectivity index (χ3n) is 6.12. The highest BCUT2D eigenvalue weighted by Crippen LogP contribution is 2.51. The molecule has 1 fully saturated rings. The van der Waals surface area contributed by atoms with Crippen LogP contribution in [0.3, 0.4) is 0 Å². The minimum absolute atomic E-state index is 0.0987. The van der Waals surface area contributed by atoms with E-state index in [-0.39, 0.29) is 16.7 Å². The van der Waals surface area contributed by atoms with Crippen LogP contribution in [0.2, 0.25) is 0 Å². The zero-order chi connectivity index (χ0) is 19.1. The second kappa shape index (κ2) is 7.18. The van der Waals surface area contributed by atoms with Crippen molar-refractivity contribution in [3.8, 4) is 22.3 Å². The molecule has 0 spiro atoms. The minimum Gasteiger partial charge on any atom is -0.206 e. The van der Waals surface area contributed by atoms with E-state index in [1.54, 1.807) is 18.2 Å². The fraction of sp³-hybridized carbons (Fsp3) is 0.417. The molecule has 2 aromatic carbocycles. The quantitative estimate of drug-likeness (QED) is 0.445. The number of fused-ring (bicyclic) bond motifs is 4. The molecule has 142 valence electrons. The van der Waals surface area contributed by atoms with Gasteiger partial charge in [0.1, 0.15) is 5.82 Å². The molecule has 4 rings (SSSR count). The summed E-state index contributed by atoms with van der Waals surface area (Å²) in [6.07, 6.45) is 9.69. The second-order valence-electron chi connectivity index (χ2n) is 8.11. The van der Waals surface area contributed by atoms with E-state index in [9.17, 15) is 13.2 Å². The van der Waals surface area contributed by atoms with Crippen molar-refractivity contribution in [1.82, 2.24) is 0 Å². The van der Waals surface area contributed by atoms with Crippen molar-refractivity contribution in [3.05, 3.63) is 52.9 Å². The van der Waals surface area contributed by atoms with Crippen LogP contribution in [0.5, 0.6) is 0 Å². The summed E-state index contributed by atoms with van der Waals surface area (Å²) in [5, 5.41) is 0. The first-order valence-corrected chi connectivity index (χ1v) is 10.0. The Labute approximate surface area is 159 Å². The molecule has 0 aliphatic heterocycles. The van der Waals surface area contributed by atoms with Crippen LogP contribution in [-0.2, 0) is 6.42 Å². The summed E-state index contributed by atoms with van der Waals surface area (Å²) in [6, 6.07) is 5.26. The molecule has 3 heteroatoms. The number of allylic oxidation sites excluding steroid dienone is 1. The van der Waals surface area contributed by atoms with Crippen molar-refractivity contribution >= 4 is 6.08 Å². The molecule has 0 unspecified atom stereocenters. The van der Waals surface area contributed by atoms with Gasteiger partial charge in [0.15, 0.2) is 11.6 Å². The molecule has 2 aliphatic carbocycles. The number of benzene rings is 2. The van der Waals surface area contributed by atoms with Crippen LogP contribution in [0.4, 0.5) is 13.2 Å². The number of hydrogen-bond donors (Lipinski definition) is 0. The number of hydrogen-bond acceptors (Lipinski definition) is 0. The fourth-order valence-corrected chi connectivity index (χ4v) is 4.43. The third-order valence-corrected chi connectivity index (χ3v) is 6.12. The molecule has 0 heterocycles. The minimum atomic E-state index is -0.926. The van der Waals surface area contributed by atoms with Crippen molar-refractivity contribution in [1.29, 1.82) is 0 Å². The average molecular weight is 370 g/mol. The molecule has 1 saturated carbocycles. The van der Waals surface area contributed by atoms with Gasteiger partial charge >= 0.3 is 0 Å². The number of rotatable bonds is 4. The predicted molar refractivity (Wildman–Crippen MR) is 105 cm³/mol. The number of aryl methyl sites for hydroxylation is 1. The van der Waals surface area contributed by atoms with E-state index in [0.29, 0.717) is 29.0 Å². The Morgan fingerprint density at radius 2 is 1.63 bits per heavy atom. The zero-order valence-corrected chi connectivity index (χ0v) is 15.9. The van der Waals surface area contributed by atoms with Crippen LogP contribution in [-0.4, -0.2) is 0 Å². The van der Waals surface area contributed by atoms with Crippen LogP contribution in [0.1, 0.15) is 57.1 Å². The van der Waals surface area contributed by atoms with Crippen LogP contribution >= 0.6 is 0 Å². The maximum Gasteiger partial charge on any atom is 0.168 e. The first-order valence-electron chi connectivity index (χ1n) is 10.0. The van der Waals surface area contributed by atoms with Gasteiger partial charge in [0, 0.05) is 16.7 Å². The first kappa shape index (κ1) is 18.3. The van der Waals surface area contributed by atoms with E-state index >= 15 is 0 Å². The Morgan fingerprint density at radius 3 is 2.33 bits per heavy atom. The molecule has 0 atom stereocenters. The third kappa shape index (κ3) is 3.11. The highest BCUT2D eigenvalue weighted by Gasteiger charge is 2.33. The molecule has 2 aliphatic rings. The van der Waals surface area contributed by atoms with Gasteiger partial charge in [-0.05, 0) is 53.9 Å². The van der Waals surface area contributed by atoms with Gasteiger partial charge < -0.3 is 0 Å². The van der Waals surface area contributed by atoms with E-state index in [4.69, 9.17) is 0 Å². The van der Waals surface area contributed by atoms with E-state index < -0.39 is 17.5 Å². The van der Waals surface area contributed by atoms with Crippen LogP contribution < -0.4 is 0 Å². The lowest BCUT2D eigenvalue weighted by Crippen LogP contribution is -2.11. The largest absolute Gasteiger partial charge is 0.206 e. The van der Waals surface area contributed by atoms with E-state index in [1.165, 1.54) is 12.8 Å². The molecule has 0 aromatic heterocycles. The smallest absolute Gasteiger partial charge is 0.168 e. The lowest BCUT2D eigenvalue weighted by atomic mass is 9.77. The highest BCUT2D eigenvalue weighted by molar-refractivity contribution is 6.03. The Morgan fingerprint density at radius 1 is 0.926 bits per heavy atom. The van der Waals surface area contributed by atoms with Gasteiger partial charge in [-0.3, -0.25) is 0 Å². The van der Waals surface area contributed by atoms with Crippen molar-refractivity contribution in [2.75, 3.05) is 0 Å². The van der Waals surface area contributed by atoms with Gasteiger partial charge in [0.05, 0.1) is 0 Å². The fourth-order valence-electron chi connectivity index (χ4n) is 4.43.